The van der Waals surface area contributed by atoms with Crippen molar-refractivity contribution in [2.24, 2.45) is 41.4 Å². The Morgan fingerprint density at radius 3 is 1.52 bits per heavy atom. The van der Waals surface area contributed by atoms with E-state index in [4.69, 9.17) is 9.47 Å². The number of hydrogen-bond acceptors (Lipinski definition) is 5. The van der Waals surface area contributed by atoms with Gasteiger partial charge in [-0.3, -0.25) is 9.59 Å². The molecule has 366 valence electrons. The first-order valence-electron chi connectivity index (χ1n) is 28.6. The molecule has 0 N–H and O–H groups in total. The average Bonchev–Trinajstić information content (AvgIpc) is 4.19. The van der Waals surface area contributed by atoms with Gasteiger partial charge < -0.3 is 14.4 Å². The number of allylic oxidation sites excluding steroid dienone is 2. The van der Waals surface area contributed by atoms with E-state index in [1.165, 1.54) is 193 Å². The van der Waals surface area contributed by atoms with Crippen LogP contribution in [-0.2, 0) is 19.1 Å². The molecule has 0 aromatic rings. The van der Waals surface area contributed by atoms with Crippen molar-refractivity contribution in [1.82, 2.24) is 4.90 Å². The summed E-state index contributed by atoms with van der Waals surface area (Å²) in [5.74, 6) is 4.55. The van der Waals surface area contributed by atoms with E-state index in [-0.39, 0.29) is 41.9 Å². The Labute approximate surface area is 391 Å². The van der Waals surface area contributed by atoms with Gasteiger partial charge in [-0.2, -0.15) is 0 Å². The first kappa shape index (κ1) is 54.2. The molecule has 3 saturated carbocycles. The number of rotatable bonds is 40. The first-order chi connectivity index (χ1) is 30.9. The van der Waals surface area contributed by atoms with E-state index in [0.29, 0.717) is 6.42 Å². The molecule has 4 rings (SSSR count). The molecule has 5 nitrogen and oxygen atoms in total. The fourth-order valence-electron chi connectivity index (χ4n) is 12.0. The number of carbonyl (C=O) groups excluding carboxylic acids is 2. The van der Waals surface area contributed by atoms with Gasteiger partial charge in [-0.25, -0.2) is 0 Å². The summed E-state index contributed by atoms with van der Waals surface area (Å²) in [7, 11) is 2.10. The monoisotopic (exact) mass is 880 g/mol. The molecule has 0 radical (unpaired) electrons. The van der Waals surface area contributed by atoms with E-state index in [1.54, 1.807) is 0 Å². The highest BCUT2D eigenvalue weighted by Crippen LogP contribution is 2.47. The molecule has 1 saturated heterocycles. The zero-order valence-electron chi connectivity index (χ0n) is 42.4. The van der Waals surface area contributed by atoms with Crippen molar-refractivity contribution in [1.29, 1.82) is 0 Å². The lowest BCUT2D eigenvalue weighted by atomic mass is 9.88. The summed E-state index contributed by atoms with van der Waals surface area (Å²) in [5, 5.41) is 0. The third-order valence-electron chi connectivity index (χ3n) is 16.4. The van der Waals surface area contributed by atoms with Crippen LogP contribution in [0.25, 0.3) is 0 Å². The van der Waals surface area contributed by atoms with Gasteiger partial charge in [0.2, 0.25) is 0 Å². The van der Waals surface area contributed by atoms with Crippen LogP contribution in [-0.4, -0.2) is 49.2 Å². The Morgan fingerprint density at radius 2 is 1.05 bits per heavy atom. The summed E-state index contributed by atoms with van der Waals surface area (Å²) in [6, 6.07) is 0. The van der Waals surface area contributed by atoms with E-state index < -0.39 is 0 Å². The first-order valence-corrected chi connectivity index (χ1v) is 28.6. The molecule has 0 aromatic carbocycles. The lowest BCUT2D eigenvalue weighted by Crippen LogP contribution is -2.38. The molecule has 0 bridgehead atoms. The second-order valence-corrected chi connectivity index (χ2v) is 22.0. The summed E-state index contributed by atoms with van der Waals surface area (Å²) in [4.78, 5) is 29.3. The fourth-order valence-corrected chi connectivity index (χ4v) is 12.0. The summed E-state index contributed by atoms with van der Waals surface area (Å²) in [6.45, 7) is 8.64. The fraction of sp³-hybridized carbons (Fsp3) is 0.931. The van der Waals surface area contributed by atoms with Crippen molar-refractivity contribution in [2.45, 2.75) is 283 Å². The minimum Gasteiger partial charge on any atom is -0.462 e. The smallest absolute Gasteiger partial charge is 0.310 e. The van der Waals surface area contributed by atoms with Crippen LogP contribution in [0.2, 0.25) is 0 Å². The topological polar surface area (TPSA) is 55.8 Å². The highest BCUT2D eigenvalue weighted by molar-refractivity contribution is 5.73. The van der Waals surface area contributed by atoms with Gasteiger partial charge in [0.05, 0.1) is 5.92 Å². The van der Waals surface area contributed by atoms with E-state index in [9.17, 15) is 9.59 Å². The third-order valence-corrected chi connectivity index (χ3v) is 16.4. The van der Waals surface area contributed by atoms with E-state index >= 15 is 0 Å². The number of unbranched alkanes of at least 4 members (excludes halogenated alkanes) is 20. The minimum absolute atomic E-state index is 0.0138. The average molecular weight is 880 g/mol. The number of ether oxygens (including phenoxy) is 2. The molecule has 4 aliphatic rings. The number of hydrogen-bond donors (Lipinski definition) is 0. The molecular formula is C58H105NO4. The second kappa shape index (κ2) is 34.0. The van der Waals surface area contributed by atoms with Crippen LogP contribution >= 0.6 is 0 Å². The maximum absolute atomic E-state index is 13.7. The van der Waals surface area contributed by atoms with Gasteiger partial charge >= 0.3 is 11.9 Å². The van der Waals surface area contributed by atoms with Crippen molar-refractivity contribution in [3.05, 3.63) is 12.2 Å². The normalized spacial score (nSPS) is 26.3. The number of piperidine rings is 1. The van der Waals surface area contributed by atoms with Crippen molar-refractivity contribution < 1.29 is 19.1 Å². The van der Waals surface area contributed by atoms with Crippen LogP contribution in [0.5, 0.6) is 0 Å². The third kappa shape index (κ3) is 24.3. The minimum atomic E-state index is -0.0912. The number of carbonyl (C=O) groups is 2. The molecular weight excluding hydrogens is 775 g/mol. The maximum atomic E-state index is 13.7. The van der Waals surface area contributed by atoms with Gasteiger partial charge in [0, 0.05) is 18.9 Å². The van der Waals surface area contributed by atoms with Crippen LogP contribution in [0.4, 0.5) is 0 Å². The van der Waals surface area contributed by atoms with E-state index in [1.807, 2.05) is 0 Å². The molecule has 0 aromatic heterocycles. The van der Waals surface area contributed by atoms with Crippen molar-refractivity contribution in [3.63, 3.8) is 0 Å². The molecule has 8 unspecified atom stereocenters. The molecule has 4 fully saturated rings. The molecule has 5 heteroatoms. The van der Waals surface area contributed by atoms with Gasteiger partial charge in [-0.05, 0) is 120 Å². The van der Waals surface area contributed by atoms with Gasteiger partial charge in [-0.15, -0.1) is 0 Å². The quantitative estimate of drug-likeness (QED) is 0.0349. The van der Waals surface area contributed by atoms with Crippen LogP contribution < -0.4 is 0 Å². The SMILES string of the molecule is CC/C=C\CC1C(CC(=O)OC(CCCCCCCCC2CC2CCCCCCCC)CCCCCCCCC2CC2CCCCCCCC)CCC1OC(=O)C1CCCN(C)C1. The lowest BCUT2D eigenvalue weighted by molar-refractivity contribution is -0.158. The largest absolute Gasteiger partial charge is 0.462 e. The molecule has 8 atom stereocenters. The number of nitrogens with zero attached hydrogens (tertiary/aromatic N) is 1. The van der Waals surface area contributed by atoms with Gasteiger partial charge in [-0.1, -0.05) is 200 Å². The summed E-state index contributed by atoms with van der Waals surface area (Å²) >= 11 is 0. The van der Waals surface area contributed by atoms with Crippen LogP contribution in [0.15, 0.2) is 12.2 Å². The zero-order valence-corrected chi connectivity index (χ0v) is 42.4. The molecule has 63 heavy (non-hydrogen) atoms. The van der Waals surface area contributed by atoms with Crippen LogP contribution in [0.1, 0.15) is 271 Å². The summed E-state index contributed by atoms with van der Waals surface area (Å²) in [6.07, 6.45) is 54.5. The van der Waals surface area contributed by atoms with Crippen LogP contribution in [0.3, 0.4) is 0 Å². The van der Waals surface area contributed by atoms with Crippen molar-refractivity contribution >= 4 is 11.9 Å². The van der Waals surface area contributed by atoms with Gasteiger partial charge in [0.15, 0.2) is 0 Å². The Kier molecular flexibility index (Phi) is 29.3. The summed E-state index contributed by atoms with van der Waals surface area (Å²) in [5.41, 5.74) is 0. The van der Waals surface area contributed by atoms with Crippen LogP contribution in [0, 0.1) is 41.4 Å². The van der Waals surface area contributed by atoms with Gasteiger partial charge in [0.1, 0.15) is 12.2 Å². The molecule has 0 spiro atoms. The van der Waals surface area contributed by atoms with Gasteiger partial charge in [0.25, 0.3) is 0 Å². The number of esters is 2. The molecule has 1 heterocycles. The Hall–Kier alpha value is -1.36. The number of likely N-dealkylation sites (tertiary alicyclic amines) is 1. The second-order valence-electron chi connectivity index (χ2n) is 22.0. The van der Waals surface area contributed by atoms with Crippen molar-refractivity contribution in [3.8, 4) is 0 Å². The molecule has 0 amide bonds. The highest BCUT2D eigenvalue weighted by atomic mass is 16.5. The maximum Gasteiger partial charge on any atom is 0.310 e. The Morgan fingerprint density at radius 1 is 0.571 bits per heavy atom. The predicted octanol–water partition coefficient (Wildman–Crippen LogP) is 16.9. The lowest BCUT2D eigenvalue weighted by Gasteiger charge is -2.30. The molecule has 1 aliphatic heterocycles. The Balaban J connectivity index is 1.13. The summed E-state index contributed by atoms with van der Waals surface area (Å²) < 4.78 is 12.7. The Bertz CT molecular complexity index is 1140. The molecule has 3 aliphatic carbocycles. The predicted molar refractivity (Wildman–Crippen MR) is 268 cm³/mol. The van der Waals surface area contributed by atoms with Crippen molar-refractivity contribution in [2.75, 3.05) is 20.1 Å². The standard InChI is InChI=1S/C58H105NO4/c1-5-8-11-13-19-26-33-48-44-50(48)35-28-21-15-17-23-30-38-54(39-31-24-18-16-22-29-36-51-45-49(51)34-27-20-14-12-9-6-2)62-57(60)46-52-41-42-56(55(52)40-25-10-7-3)63-58(61)53-37-32-43-59(4)47-53/h10,25,48-56H,5-9,11-24,26-47H2,1-4H3/b25-10-. The van der Waals surface area contributed by atoms with E-state index in [2.05, 4.69) is 44.9 Å². The zero-order chi connectivity index (χ0) is 44.7. The highest BCUT2D eigenvalue weighted by Gasteiger charge is 2.41. The van der Waals surface area contributed by atoms with E-state index in [0.717, 1.165) is 88.1 Å².